The minimum Gasteiger partial charge on any atom is -0.493 e. The number of hydrogen-bond donors (Lipinski definition) is 0. The Morgan fingerprint density at radius 2 is 1.89 bits per heavy atom. The SMILES string of the molecule is COC(=O)CCCc1cccc(OCCc2nc(-c3ccccc3)oc2C)c1. The predicted octanol–water partition coefficient (Wildman–Crippen LogP) is 4.77. The van der Waals surface area contributed by atoms with Crippen LogP contribution in [0.5, 0.6) is 5.75 Å². The Bertz CT molecular complexity index is 902. The third-order valence-corrected chi connectivity index (χ3v) is 4.49. The van der Waals surface area contributed by atoms with E-state index in [-0.39, 0.29) is 5.97 Å². The molecular formula is C23H25NO4. The van der Waals surface area contributed by atoms with E-state index in [0.29, 0.717) is 25.3 Å². The number of rotatable bonds is 9. The van der Waals surface area contributed by atoms with E-state index < -0.39 is 0 Å². The monoisotopic (exact) mass is 379 g/mol. The van der Waals surface area contributed by atoms with Gasteiger partial charge in [0.25, 0.3) is 0 Å². The van der Waals surface area contributed by atoms with Crippen molar-refractivity contribution in [3.05, 3.63) is 71.6 Å². The lowest BCUT2D eigenvalue weighted by Gasteiger charge is -2.07. The highest BCUT2D eigenvalue weighted by Gasteiger charge is 2.11. The van der Waals surface area contributed by atoms with Crippen LogP contribution in [0.4, 0.5) is 0 Å². The van der Waals surface area contributed by atoms with Crippen molar-refractivity contribution in [3.8, 4) is 17.2 Å². The molecule has 0 aliphatic heterocycles. The van der Waals surface area contributed by atoms with E-state index in [4.69, 9.17) is 9.15 Å². The summed E-state index contributed by atoms with van der Waals surface area (Å²) in [7, 11) is 1.41. The standard InChI is InChI=1S/C23H25NO4/c1-17-21(24-23(28-17)19-10-4-3-5-11-19)14-15-27-20-12-6-8-18(16-20)9-7-13-22(25)26-2/h3-6,8,10-12,16H,7,9,13-15H2,1-2H3. The van der Waals surface area contributed by atoms with Crippen LogP contribution in [-0.2, 0) is 22.4 Å². The van der Waals surface area contributed by atoms with Gasteiger partial charge in [0.1, 0.15) is 11.5 Å². The number of oxazole rings is 1. The first-order chi connectivity index (χ1) is 13.7. The number of ether oxygens (including phenoxy) is 2. The fourth-order valence-electron chi connectivity index (χ4n) is 2.96. The molecule has 0 amide bonds. The molecular weight excluding hydrogens is 354 g/mol. The van der Waals surface area contributed by atoms with Crippen molar-refractivity contribution < 1.29 is 18.7 Å². The highest BCUT2D eigenvalue weighted by Crippen LogP contribution is 2.22. The molecule has 0 aliphatic rings. The summed E-state index contributed by atoms with van der Waals surface area (Å²) in [6, 6.07) is 17.8. The first-order valence-corrected chi connectivity index (χ1v) is 9.46. The van der Waals surface area contributed by atoms with E-state index in [2.05, 4.69) is 9.72 Å². The first-order valence-electron chi connectivity index (χ1n) is 9.46. The molecule has 0 fully saturated rings. The second kappa shape index (κ2) is 9.74. The Labute approximate surface area is 165 Å². The maximum atomic E-state index is 11.2. The summed E-state index contributed by atoms with van der Waals surface area (Å²) in [5.74, 6) is 2.10. The minimum atomic E-state index is -0.176. The molecule has 0 aliphatic carbocycles. The summed E-state index contributed by atoms with van der Waals surface area (Å²) in [6.45, 7) is 2.45. The zero-order chi connectivity index (χ0) is 19.8. The molecule has 2 aromatic carbocycles. The van der Waals surface area contributed by atoms with Crippen LogP contribution in [0, 0.1) is 6.92 Å². The van der Waals surface area contributed by atoms with Gasteiger partial charge in [0.2, 0.25) is 5.89 Å². The van der Waals surface area contributed by atoms with Crippen LogP contribution in [0.1, 0.15) is 29.9 Å². The quantitative estimate of drug-likeness (QED) is 0.501. The molecule has 3 aromatic rings. The van der Waals surface area contributed by atoms with Gasteiger partial charge in [-0.1, -0.05) is 30.3 Å². The summed E-state index contributed by atoms with van der Waals surface area (Å²) in [5.41, 5.74) is 3.02. The molecule has 5 heteroatoms. The van der Waals surface area contributed by atoms with Gasteiger partial charge in [-0.2, -0.15) is 0 Å². The third kappa shape index (κ3) is 5.46. The van der Waals surface area contributed by atoms with Gasteiger partial charge in [-0.05, 0) is 49.6 Å². The molecule has 1 aromatic heterocycles. The van der Waals surface area contributed by atoms with E-state index in [1.165, 1.54) is 7.11 Å². The average molecular weight is 379 g/mol. The highest BCUT2D eigenvalue weighted by molar-refractivity contribution is 5.69. The molecule has 0 atom stereocenters. The Morgan fingerprint density at radius 3 is 2.68 bits per heavy atom. The van der Waals surface area contributed by atoms with Crippen molar-refractivity contribution >= 4 is 5.97 Å². The van der Waals surface area contributed by atoms with Gasteiger partial charge in [-0.25, -0.2) is 4.98 Å². The van der Waals surface area contributed by atoms with Crippen molar-refractivity contribution in [2.24, 2.45) is 0 Å². The summed E-state index contributed by atoms with van der Waals surface area (Å²) >= 11 is 0. The minimum absolute atomic E-state index is 0.176. The Hall–Kier alpha value is -3.08. The van der Waals surface area contributed by atoms with Crippen LogP contribution in [0.3, 0.4) is 0 Å². The van der Waals surface area contributed by atoms with Crippen LogP contribution in [0.25, 0.3) is 11.5 Å². The van der Waals surface area contributed by atoms with Crippen molar-refractivity contribution in [3.63, 3.8) is 0 Å². The molecule has 0 saturated carbocycles. The molecule has 146 valence electrons. The molecule has 0 saturated heterocycles. The number of aryl methyl sites for hydroxylation is 2. The zero-order valence-corrected chi connectivity index (χ0v) is 16.3. The van der Waals surface area contributed by atoms with Crippen LogP contribution < -0.4 is 4.74 Å². The second-order valence-corrected chi connectivity index (χ2v) is 6.56. The summed E-state index contributed by atoms with van der Waals surface area (Å²) in [5, 5.41) is 0. The normalized spacial score (nSPS) is 10.6. The predicted molar refractivity (Wildman–Crippen MR) is 107 cm³/mol. The van der Waals surface area contributed by atoms with Gasteiger partial charge in [0, 0.05) is 18.4 Å². The number of aromatic nitrogens is 1. The number of benzene rings is 2. The van der Waals surface area contributed by atoms with Gasteiger partial charge in [-0.3, -0.25) is 4.79 Å². The Kier molecular flexibility index (Phi) is 6.84. The fraction of sp³-hybridized carbons (Fsp3) is 0.304. The molecule has 0 N–H and O–H groups in total. The topological polar surface area (TPSA) is 61.6 Å². The number of hydrogen-bond acceptors (Lipinski definition) is 5. The van der Waals surface area contributed by atoms with Gasteiger partial charge >= 0.3 is 5.97 Å². The van der Waals surface area contributed by atoms with Crippen LogP contribution in [0.15, 0.2) is 59.0 Å². The van der Waals surface area contributed by atoms with Gasteiger partial charge < -0.3 is 13.9 Å². The molecule has 0 radical (unpaired) electrons. The van der Waals surface area contributed by atoms with Crippen LogP contribution >= 0.6 is 0 Å². The number of carbonyl (C=O) groups excluding carboxylic acids is 1. The van der Waals surface area contributed by atoms with Crippen molar-refractivity contribution in [2.75, 3.05) is 13.7 Å². The second-order valence-electron chi connectivity index (χ2n) is 6.56. The maximum Gasteiger partial charge on any atom is 0.305 e. The van der Waals surface area contributed by atoms with Crippen LogP contribution in [0.2, 0.25) is 0 Å². The first kappa shape index (κ1) is 19.7. The number of nitrogens with zero attached hydrogens (tertiary/aromatic N) is 1. The lowest BCUT2D eigenvalue weighted by molar-refractivity contribution is -0.140. The van der Waals surface area contributed by atoms with E-state index in [1.54, 1.807) is 0 Å². The smallest absolute Gasteiger partial charge is 0.305 e. The third-order valence-electron chi connectivity index (χ3n) is 4.49. The van der Waals surface area contributed by atoms with E-state index >= 15 is 0 Å². The van der Waals surface area contributed by atoms with Crippen molar-refractivity contribution in [1.82, 2.24) is 4.98 Å². The van der Waals surface area contributed by atoms with Gasteiger partial charge in [0.15, 0.2) is 0 Å². The van der Waals surface area contributed by atoms with E-state index in [0.717, 1.165) is 41.2 Å². The molecule has 28 heavy (non-hydrogen) atoms. The highest BCUT2D eigenvalue weighted by atomic mass is 16.5. The number of esters is 1. The summed E-state index contributed by atoms with van der Waals surface area (Å²) in [4.78, 5) is 15.8. The summed E-state index contributed by atoms with van der Waals surface area (Å²) < 4.78 is 16.4. The molecule has 3 rings (SSSR count). The maximum absolute atomic E-state index is 11.2. The zero-order valence-electron chi connectivity index (χ0n) is 16.3. The molecule has 0 unspecified atom stereocenters. The largest absolute Gasteiger partial charge is 0.493 e. The number of carbonyl (C=O) groups is 1. The van der Waals surface area contributed by atoms with E-state index in [1.807, 2.05) is 61.5 Å². The lowest BCUT2D eigenvalue weighted by atomic mass is 10.1. The van der Waals surface area contributed by atoms with Gasteiger partial charge in [0.05, 0.1) is 19.4 Å². The van der Waals surface area contributed by atoms with Crippen molar-refractivity contribution in [2.45, 2.75) is 32.6 Å². The average Bonchev–Trinajstić information content (AvgIpc) is 3.09. The fourth-order valence-corrected chi connectivity index (χ4v) is 2.96. The van der Waals surface area contributed by atoms with Crippen LogP contribution in [-0.4, -0.2) is 24.7 Å². The van der Waals surface area contributed by atoms with E-state index in [9.17, 15) is 4.79 Å². The summed E-state index contributed by atoms with van der Waals surface area (Å²) in [6.07, 6.45) is 2.68. The molecule has 5 nitrogen and oxygen atoms in total. The molecule has 0 bridgehead atoms. The molecule has 0 spiro atoms. The molecule has 1 heterocycles. The lowest BCUT2D eigenvalue weighted by Crippen LogP contribution is -2.03. The Morgan fingerprint density at radius 1 is 1.07 bits per heavy atom. The van der Waals surface area contributed by atoms with Crippen molar-refractivity contribution in [1.29, 1.82) is 0 Å². The van der Waals surface area contributed by atoms with Gasteiger partial charge in [-0.15, -0.1) is 0 Å². The Balaban J connectivity index is 1.52. The number of methoxy groups -OCH3 is 1.